The number of rotatable bonds is 6. The van der Waals surface area contributed by atoms with Gasteiger partial charge in [0.05, 0.1) is 7.11 Å². The highest BCUT2D eigenvalue weighted by Crippen LogP contribution is 2.55. The van der Waals surface area contributed by atoms with Gasteiger partial charge in [-0.05, 0) is 48.3 Å². The highest BCUT2D eigenvalue weighted by Gasteiger charge is 2.49. The quantitative estimate of drug-likeness (QED) is 0.457. The highest BCUT2D eigenvalue weighted by molar-refractivity contribution is 6.30. The fourth-order valence-corrected chi connectivity index (χ4v) is 6.11. The van der Waals surface area contributed by atoms with Crippen LogP contribution in [0.15, 0.2) is 40.7 Å². The number of methoxy groups -OCH3 is 2. The molecule has 4 rings (SSSR count). The summed E-state index contributed by atoms with van der Waals surface area (Å²) in [6.07, 6.45) is 3.30. The van der Waals surface area contributed by atoms with Crippen LogP contribution in [0, 0.1) is 10.8 Å². The molecule has 5 nitrogen and oxygen atoms in total. The zero-order valence-electron chi connectivity index (χ0n) is 21.2. The molecule has 0 amide bonds. The van der Waals surface area contributed by atoms with Crippen LogP contribution < -0.4 is 4.74 Å². The largest absolute Gasteiger partial charge is 0.496 e. The van der Waals surface area contributed by atoms with E-state index in [4.69, 9.17) is 21.1 Å². The van der Waals surface area contributed by atoms with Crippen molar-refractivity contribution < 1.29 is 19.1 Å². The number of carbonyl (C=O) groups is 2. The summed E-state index contributed by atoms with van der Waals surface area (Å²) >= 11 is 6.44. The van der Waals surface area contributed by atoms with Gasteiger partial charge in [0.15, 0.2) is 11.6 Å². The zero-order chi connectivity index (χ0) is 24.8. The van der Waals surface area contributed by atoms with Crippen LogP contribution in [0.4, 0.5) is 0 Å². The number of hydrogen-bond donors (Lipinski definition) is 0. The Kier molecular flexibility index (Phi) is 6.73. The molecular weight excluding hydrogens is 450 g/mol. The van der Waals surface area contributed by atoms with E-state index in [0.29, 0.717) is 30.2 Å². The first-order valence-electron chi connectivity index (χ1n) is 12.1. The van der Waals surface area contributed by atoms with Gasteiger partial charge in [0.1, 0.15) is 5.75 Å². The van der Waals surface area contributed by atoms with E-state index in [1.165, 1.54) is 0 Å². The molecule has 3 aliphatic rings. The fourth-order valence-electron chi connectivity index (χ4n) is 5.93. The van der Waals surface area contributed by atoms with Crippen LogP contribution in [0.3, 0.4) is 0 Å². The minimum absolute atomic E-state index is 0.110. The lowest BCUT2D eigenvalue weighted by Crippen LogP contribution is -2.44. The summed E-state index contributed by atoms with van der Waals surface area (Å²) < 4.78 is 11.1. The normalized spacial score (nSPS) is 22.1. The molecule has 0 N–H and O–H groups in total. The Bertz CT molecular complexity index is 1030. The second kappa shape index (κ2) is 9.16. The Hall–Kier alpha value is -2.11. The molecule has 0 spiro atoms. The van der Waals surface area contributed by atoms with Crippen molar-refractivity contribution in [2.75, 3.05) is 27.4 Å². The number of benzene rings is 1. The van der Waals surface area contributed by atoms with E-state index < -0.39 is 5.92 Å². The second-order valence-electron chi connectivity index (χ2n) is 11.4. The maximum absolute atomic E-state index is 13.8. The summed E-state index contributed by atoms with van der Waals surface area (Å²) in [5.41, 5.74) is 4.08. The molecular formula is C28H36ClNO4. The van der Waals surface area contributed by atoms with Gasteiger partial charge in [-0.15, -0.1) is 0 Å². The standard InChI is InChI=1S/C28H36ClNO4/c1-27(2)13-19-25(21(31)15-27)24(18-12-17(29)8-9-23(18)34-6)26-20(30(19)10-7-11-33-5)14-28(3,4)16-22(26)32/h8-9,12,24H,7,10-11,13-16H2,1-6H3. The molecule has 0 aromatic heterocycles. The lowest BCUT2D eigenvalue weighted by molar-refractivity contribution is -0.119. The number of hydrogen-bond acceptors (Lipinski definition) is 5. The Morgan fingerprint density at radius 1 is 0.941 bits per heavy atom. The molecule has 1 aromatic carbocycles. The Morgan fingerprint density at radius 2 is 1.50 bits per heavy atom. The van der Waals surface area contributed by atoms with Crippen LogP contribution in [0.5, 0.6) is 5.75 Å². The smallest absolute Gasteiger partial charge is 0.162 e. The van der Waals surface area contributed by atoms with E-state index in [2.05, 4.69) is 32.6 Å². The van der Waals surface area contributed by atoms with E-state index in [9.17, 15) is 9.59 Å². The first kappa shape index (κ1) is 25.0. The van der Waals surface area contributed by atoms with E-state index in [-0.39, 0.29) is 22.4 Å². The molecule has 1 heterocycles. The molecule has 0 unspecified atom stereocenters. The minimum atomic E-state index is -0.454. The van der Waals surface area contributed by atoms with Crippen molar-refractivity contribution >= 4 is 23.2 Å². The van der Waals surface area contributed by atoms with Crippen molar-refractivity contribution in [2.24, 2.45) is 10.8 Å². The van der Waals surface area contributed by atoms with E-state index in [1.54, 1.807) is 20.3 Å². The monoisotopic (exact) mass is 485 g/mol. The molecule has 6 heteroatoms. The third-order valence-electron chi connectivity index (χ3n) is 7.25. The van der Waals surface area contributed by atoms with Crippen LogP contribution in [0.2, 0.25) is 5.02 Å². The fraction of sp³-hybridized carbons (Fsp3) is 0.571. The molecule has 1 aromatic rings. The van der Waals surface area contributed by atoms with Crippen molar-refractivity contribution in [3.63, 3.8) is 0 Å². The van der Waals surface area contributed by atoms with Gasteiger partial charge in [0.25, 0.3) is 0 Å². The molecule has 0 bridgehead atoms. The number of ether oxygens (including phenoxy) is 2. The molecule has 0 fully saturated rings. The topological polar surface area (TPSA) is 55.8 Å². The number of nitrogens with zero attached hydrogens (tertiary/aromatic N) is 1. The van der Waals surface area contributed by atoms with E-state index in [0.717, 1.165) is 53.9 Å². The summed E-state index contributed by atoms with van der Waals surface area (Å²) in [6.45, 7) is 9.95. The predicted molar refractivity (Wildman–Crippen MR) is 134 cm³/mol. The van der Waals surface area contributed by atoms with Gasteiger partial charge in [0.2, 0.25) is 0 Å². The maximum atomic E-state index is 13.8. The summed E-state index contributed by atoms with van der Waals surface area (Å²) in [4.78, 5) is 29.8. The van der Waals surface area contributed by atoms with Gasteiger partial charge < -0.3 is 14.4 Å². The predicted octanol–water partition coefficient (Wildman–Crippen LogP) is 6.07. The molecule has 0 atom stereocenters. The third-order valence-corrected chi connectivity index (χ3v) is 7.49. The summed E-state index contributed by atoms with van der Waals surface area (Å²) in [5.74, 6) is 0.416. The number of carbonyl (C=O) groups excluding carboxylic acids is 2. The zero-order valence-corrected chi connectivity index (χ0v) is 22.0. The van der Waals surface area contributed by atoms with Gasteiger partial charge >= 0.3 is 0 Å². The van der Waals surface area contributed by atoms with Gasteiger partial charge in [0, 0.05) is 72.1 Å². The van der Waals surface area contributed by atoms with Crippen LogP contribution in [-0.2, 0) is 14.3 Å². The van der Waals surface area contributed by atoms with Crippen LogP contribution in [0.1, 0.15) is 71.3 Å². The highest BCUT2D eigenvalue weighted by atomic mass is 35.5. The summed E-state index contributed by atoms with van der Waals surface area (Å²) in [6, 6.07) is 5.48. The number of Topliss-reactive ketones (excluding diaryl/α,β-unsaturated/α-hetero) is 2. The van der Waals surface area contributed by atoms with Crippen molar-refractivity contribution in [1.82, 2.24) is 4.90 Å². The summed E-state index contributed by atoms with van der Waals surface area (Å²) in [7, 11) is 3.32. The molecule has 0 saturated heterocycles. The lowest BCUT2D eigenvalue weighted by Gasteiger charge is -2.49. The van der Waals surface area contributed by atoms with Gasteiger partial charge in [-0.2, -0.15) is 0 Å². The molecule has 34 heavy (non-hydrogen) atoms. The second-order valence-corrected chi connectivity index (χ2v) is 11.9. The first-order valence-corrected chi connectivity index (χ1v) is 12.5. The Balaban J connectivity index is 2.00. The number of halogens is 1. The van der Waals surface area contributed by atoms with Crippen molar-refractivity contribution in [3.05, 3.63) is 51.3 Å². The van der Waals surface area contributed by atoms with E-state index in [1.807, 2.05) is 12.1 Å². The summed E-state index contributed by atoms with van der Waals surface area (Å²) in [5, 5.41) is 0.565. The van der Waals surface area contributed by atoms with Crippen molar-refractivity contribution in [3.8, 4) is 5.75 Å². The molecule has 1 aliphatic heterocycles. The third kappa shape index (κ3) is 4.57. The molecule has 184 valence electrons. The van der Waals surface area contributed by atoms with E-state index >= 15 is 0 Å². The average Bonchev–Trinajstić information content (AvgIpc) is 2.72. The van der Waals surface area contributed by atoms with Gasteiger partial charge in [-0.3, -0.25) is 9.59 Å². The minimum Gasteiger partial charge on any atom is -0.496 e. The van der Waals surface area contributed by atoms with Crippen LogP contribution in [0.25, 0.3) is 0 Å². The van der Waals surface area contributed by atoms with Crippen LogP contribution >= 0.6 is 11.6 Å². The molecule has 2 aliphatic carbocycles. The maximum Gasteiger partial charge on any atom is 0.162 e. The molecule has 0 radical (unpaired) electrons. The van der Waals surface area contributed by atoms with Crippen molar-refractivity contribution in [2.45, 2.75) is 65.7 Å². The molecule has 0 saturated carbocycles. The van der Waals surface area contributed by atoms with Crippen molar-refractivity contribution in [1.29, 1.82) is 0 Å². The SMILES string of the molecule is COCCCN1C2=C(C(=O)CC(C)(C)C2)C(c2cc(Cl)ccc2OC)C2=C1CC(C)(C)CC2=O. The Labute approximate surface area is 208 Å². The number of allylic oxidation sites excluding steroid dienone is 4. The average molecular weight is 486 g/mol. The van der Waals surface area contributed by atoms with Gasteiger partial charge in [-0.1, -0.05) is 39.3 Å². The Morgan fingerprint density at radius 3 is 2.00 bits per heavy atom. The first-order chi connectivity index (χ1) is 16.0. The lowest BCUT2D eigenvalue weighted by atomic mass is 9.63. The van der Waals surface area contributed by atoms with Gasteiger partial charge in [-0.25, -0.2) is 0 Å². The van der Waals surface area contributed by atoms with Crippen LogP contribution in [-0.4, -0.2) is 43.8 Å². The number of ketones is 2.